The van der Waals surface area contributed by atoms with Gasteiger partial charge >= 0.3 is 0 Å². The van der Waals surface area contributed by atoms with E-state index in [1.165, 1.54) is 10.9 Å². The number of aromatic nitrogens is 3. The Labute approximate surface area is 202 Å². The number of fused-ring (bicyclic) bond motifs is 1. The Morgan fingerprint density at radius 2 is 1.94 bits per heavy atom. The van der Waals surface area contributed by atoms with E-state index in [0.717, 1.165) is 44.4 Å². The third kappa shape index (κ3) is 3.95. The summed E-state index contributed by atoms with van der Waals surface area (Å²) >= 11 is 0. The zero-order valence-corrected chi connectivity index (χ0v) is 19.3. The average Bonchev–Trinajstić information content (AvgIpc) is 3.68. The average molecular weight is 471 g/mol. The summed E-state index contributed by atoms with van der Waals surface area (Å²) in [6.45, 7) is 2.86. The van der Waals surface area contributed by atoms with Crippen LogP contribution in [0.1, 0.15) is 42.9 Å². The Kier molecular flexibility index (Phi) is 5.49. The number of hydrogen-bond acceptors (Lipinski definition) is 7. The van der Waals surface area contributed by atoms with Crippen LogP contribution in [-0.2, 0) is 4.79 Å². The molecule has 0 aliphatic carbocycles. The van der Waals surface area contributed by atoms with E-state index in [4.69, 9.17) is 8.83 Å². The fourth-order valence-electron chi connectivity index (χ4n) is 5.42. The third-order valence-electron chi connectivity index (χ3n) is 7.31. The molecule has 0 spiro atoms. The van der Waals surface area contributed by atoms with Crippen LogP contribution in [-0.4, -0.2) is 51.9 Å². The van der Waals surface area contributed by atoms with Gasteiger partial charge in [-0.05, 0) is 61.4 Å². The molecule has 6 heterocycles. The summed E-state index contributed by atoms with van der Waals surface area (Å²) in [6.07, 6.45) is 8.81. The number of amides is 1. The molecular weight excluding hydrogens is 444 g/mol. The smallest absolute Gasteiger partial charge is 0.266 e. The van der Waals surface area contributed by atoms with Crippen LogP contribution in [0.4, 0.5) is 5.88 Å². The van der Waals surface area contributed by atoms with Gasteiger partial charge in [0.15, 0.2) is 5.76 Å². The van der Waals surface area contributed by atoms with Crippen molar-refractivity contribution in [3.8, 4) is 17.7 Å². The highest BCUT2D eigenvalue weighted by Crippen LogP contribution is 2.35. The largest absolute Gasteiger partial charge is 0.459 e. The molecular formula is C26H26N6O3. The SMILES string of the molecule is N#Cc1nc(-c2ccco2)oc1N1CCC(C(=O)N2CCC(c3c[nH]c4ncccc34)CC2)CC1. The van der Waals surface area contributed by atoms with Crippen molar-refractivity contribution in [2.24, 2.45) is 5.92 Å². The van der Waals surface area contributed by atoms with E-state index < -0.39 is 0 Å². The van der Waals surface area contributed by atoms with Gasteiger partial charge in [-0.25, -0.2) is 4.98 Å². The van der Waals surface area contributed by atoms with Crippen molar-refractivity contribution < 1.29 is 13.6 Å². The second-order valence-corrected chi connectivity index (χ2v) is 9.27. The van der Waals surface area contributed by atoms with Crippen LogP contribution in [0.25, 0.3) is 22.7 Å². The predicted molar refractivity (Wildman–Crippen MR) is 129 cm³/mol. The first kappa shape index (κ1) is 21.5. The summed E-state index contributed by atoms with van der Waals surface area (Å²) in [4.78, 5) is 29.3. The molecule has 0 aromatic carbocycles. The molecule has 2 aliphatic heterocycles. The highest BCUT2D eigenvalue weighted by molar-refractivity contribution is 5.81. The Balaban J connectivity index is 1.06. The van der Waals surface area contributed by atoms with Crippen LogP contribution in [0, 0.1) is 17.2 Å². The number of rotatable bonds is 4. The van der Waals surface area contributed by atoms with E-state index >= 15 is 0 Å². The van der Waals surface area contributed by atoms with Crippen LogP contribution < -0.4 is 4.90 Å². The van der Waals surface area contributed by atoms with Gasteiger partial charge < -0.3 is 23.6 Å². The van der Waals surface area contributed by atoms with Crippen LogP contribution in [0.15, 0.2) is 51.8 Å². The molecule has 2 fully saturated rings. The fraction of sp³-hybridized carbons (Fsp3) is 0.385. The molecule has 35 heavy (non-hydrogen) atoms. The lowest BCUT2D eigenvalue weighted by Crippen LogP contribution is -2.45. The first-order valence-electron chi connectivity index (χ1n) is 12.1. The van der Waals surface area contributed by atoms with Crippen molar-refractivity contribution in [1.29, 1.82) is 5.26 Å². The summed E-state index contributed by atoms with van der Waals surface area (Å²) in [5, 5.41) is 10.7. The molecule has 0 radical (unpaired) electrons. The Hall–Kier alpha value is -4.06. The summed E-state index contributed by atoms with van der Waals surface area (Å²) in [7, 11) is 0. The first-order chi connectivity index (χ1) is 17.2. The number of H-pyrrole nitrogens is 1. The maximum atomic E-state index is 13.3. The van der Waals surface area contributed by atoms with Crippen LogP contribution in [0.5, 0.6) is 0 Å². The zero-order valence-electron chi connectivity index (χ0n) is 19.3. The number of carbonyl (C=O) groups excluding carboxylic acids is 1. The van der Waals surface area contributed by atoms with Crippen molar-refractivity contribution in [3.63, 3.8) is 0 Å². The van der Waals surface area contributed by atoms with Crippen LogP contribution in [0.2, 0.25) is 0 Å². The van der Waals surface area contributed by atoms with E-state index in [1.54, 1.807) is 24.6 Å². The number of anilines is 1. The van der Waals surface area contributed by atoms with Gasteiger partial charge in [-0.2, -0.15) is 10.2 Å². The molecule has 2 saturated heterocycles. The lowest BCUT2D eigenvalue weighted by molar-refractivity contribution is -0.137. The number of likely N-dealkylation sites (tertiary alicyclic amines) is 1. The number of nitrogens with zero attached hydrogens (tertiary/aromatic N) is 5. The minimum Gasteiger partial charge on any atom is -0.459 e. The van der Waals surface area contributed by atoms with E-state index in [1.807, 2.05) is 15.9 Å². The van der Waals surface area contributed by atoms with Crippen LogP contribution >= 0.6 is 0 Å². The second kappa shape index (κ2) is 8.95. The second-order valence-electron chi connectivity index (χ2n) is 9.27. The molecule has 178 valence electrons. The number of pyridine rings is 1. The van der Waals surface area contributed by atoms with Gasteiger partial charge in [0, 0.05) is 49.9 Å². The van der Waals surface area contributed by atoms with Gasteiger partial charge in [-0.1, -0.05) is 0 Å². The third-order valence-corrected chi connectivity index (χ3v) is 7.31. The van der Waals surface area contributed by atoms with Crippen LogP contribution in [0.3, 0.4) is 0 Å². The van der Waals surface area contributed by atoms with Gasteiger partial charge in [-0.3, -0.25) is 4.79 Å². The number of piperidine rings is 2. The summed E-state index contributed by atoms with van der Waals surface area (Å²) < 4.78 is 11.2. The summed E-state index contributed by atoms with van der Waals surface area (Å²) in [5.74, 6) is 1.94. The van der Waals surface area contributed by atoms with E-state index in [9.17, 15) is 10.1 Å². The predicted octanol–water partition coefficient (Wildman–Crippen LogP) is 4.31. The molecule has 0 atom stereocenters. The number of hydrogen-bond donors (Lipinski definition) is 1. The quantitative estimate of drug-likeness (QED) is 0.473. The molecule has 4 aromatic heterocycles. The number of nitrogens with one attached hydrogen (secondary N) is 1. The lowest BCUT2D eigenvalue weighted by Gasteiger charge is -2.37. The minimum atomic E-state index is -0.00177. The topological polar surface area (TPSA) is 115 Å². The molecule has 6 rings (SSSR count). The van der Waals surface area contributed by atoms with Gasteiger partial charge in [-0.15, -0.1) is 0 Å². The van der Waals surface area contributed by atoms with Crippen molar-refractivity contribution in [1.82, 2.24) is 19.9 Å². The highest BCUT2D eigenvalue weighted by atomic mass is 16.4. The van der Waals surface area contributed by atoms with Crippen molar-refractivity contribution >= 4 is 22.8 Å². The highest BCUT2D eigenvalue weighted by Gasteiger charge is 2.33. The standard InChI is InChI=1S/C26H26N6O3/c27-15-21-26(35-24(30-21)22-4-2-14-34-22)32-12-7-18(8-13-32)25(33)31-10-5-17(6-11-31)20-16-29-23-19(20)3-1-9-28-23/h1-4,9,14,16-18H,5-8,10-13H2,(H,28,29). The summed E-state index contributed by atoms with van der Waals surface area (Å²) in [5.41, 5.74) is 2.48. The normalized spacial score (nSPS) is 17.7. The number of oxazole rings is 1. The van der Waals surface area contributed by atoms with Gasteiger partial charge in [0.2, 0.25) is 17.5 Å². The molecule has 9 nitrogen and oxygen atoms in total. The first-order valence-corrected chi connectivity index (χ1v) is 12.1. The maximum absolute atomic E-state index is 13.3. The molecule has 0 unspecified atom stereocenters. The number of nitriles is 1. The van der Waals surface area contributed by atoms with Gasteiger partial charge in [0.05, 0.1) is 6.26 Å². The monoisotopic (exact) mass is 470 g/mol. The van der Waals surface area contributed by atoms with Crippen molar-refractivity contribution in [2.45, 2.75) is 31.6 Å². The van der Waals surface area contributed by atoms with E-state index in [0.29, 0.717) is 36.5 Å². The van der Waals surface area contributed by atoms with Crippen molar-refractivity contribution in [2.75, 3.05) is 31.1 Å². The van der Waals surface area contributed by atoms with E-state index in [-0.39, 0.29) is 17.5 Å². The molecule has 1 amide bonds. The molecule has 4 aromatic rings. The minimum absolute atomic E-state index is 0.00177. The van der Waals surface area contributed by atoms with Gasteiger partial charge in [0.25, 0.3) is 5.89 Å². The van der Waals surface area contributed by atoms with Crippen molar-refractivity contribution in [3.05, 3.63) is 54.2 Å². The Morgan fingerprint density at radius 3 is 2.69 bits per heavy atom. The number of aromatic amines is 1. The number of carbonyl (C=O) groups is 1. The Bertz CT molecular complexity index is 1370. The molecule has 0 bridgehead atoms. The maximum Gasteiger partial charge on any atom is 0.266 e. The van der Waals surface area contributed by atoms with Gasteiger partial charge in [0.1, 0.15) is 11.7 Å². The molecule has 0 saturated carbocycles. The molecule has 9 heteroatoms. The van der Waals surface area contributed by atoms with E-state index in [2.05, 4.69) is 33.3 Å². The molecule has 1 N–H and O–H groups in total. The number of furan rings is 1. The fourth-order valence-corrected chi connectivity index (χ4v) is 5.42. The molecule has 2 aliphatic rings. The zero-order chi connectivity index (χ0) is 23.8. The lowest BCUT2D eigenvalue weighted by atomic mass is 9.88. The Morgan fingerprint density at radius 1 is 1.11 bits per heavy atom. The summed E-state index contributed by atoms with van der Waals surface area (Å²) in [6, 6.07) is 9.71.